The van der Waals surface area contributed by atoms with Gasteiger partial charge in [-0.1, -0.05) is 24.0 Å². The van der Waals surface area contributed by atoms with Crippen LogP contribution in [0, 0.1) is 23.6 Å². The minimum absolute atomic E-state index is 0.191. The van der Waals surface area contributed by atoms with Gasteiger partial charge in [-0.15, -0.1) is 0 Å². The minimum atomic E-state index is -4.56. The summed E-state index contributed by atoms with van der Waals surface area (Å²) in [6.07, 6.45) is -1.33. The molecule has 0 aliphatic carbocycles. The summed E-state index contributed by atoms with van der Waals surface area (Å²) in [6, 6.07) is 9.13. The van der Waals surface area contributed by atoms with Gasteiger partial charge in [0.25, 0.3) is 0 Å². The van der Waals surface area contributed by atoms with E-state index in [4.69, 9.17) is 4.74 Å². The van der Waals surface area contributed by atoms with Gasteiger partial charge in [0.15, 0.2) is 0 Å². The average Bonchev–Trinajstić information content (AvgIpc) is 3.21. The van der Waals surface area contributed by atoms with Crippen LogP contribution in [0.25, 0.3) is 11.3 Å². The number of aromatic nitrogens is 2. The van der Waals surface area contributed by atoms with Gasteiger partial charge in [-0.2, -0.15) is 13.2 Å². The molecule has 0 amide bonds. The van der Waals surface area contributed by atoms with Gasteiger partial charge in [0.05, 0.1) is 29.8 Å². The topological polar surface area (TPSA) is 44.1 Å². The van der Waals surface area contributed by atoms with Crippen molar-refractivity contribution < 1.29 is 27.1 Å². The molecule has 2 aromatic carbocycles. The number of imidazole rings is 1. The molecule has 4 rings (SSSR count). The number of nitrogens with zero attached hydrogens (tertiary/aromatic N) is 2. The first-order chi connectivity index (χ1) is 15.2. The number of hydrogen-bond acceptors (Lipinski definition) is 3. The number of esters is 1. The van der Waals surface area contributed by atoms with Crippen LogP contribution >= 0.6 is 0 Å². The molecule has 1 unspecified atom stereocenters. The number of alkyl halides is 3. The lowest BCUT2D eigenvalue weighted by atomic mass is 10.00. The number of aryl methyl sites for hydroxylation is 1. The number of fused-ring (bicyclic) bond motifs is 1. The smallest absolute Gasteiger partial charge is 0.416 e. The first kappa shape index (κ1) is 21.6. The largest absolute Gasteiger partial charge is 0.469 e. The number of hydrogen-bond donors (Lipinski definition) is 0. The Labute approximate surface area is 181 Å². The fourth-order valence-electron chi connectivity index (χ4n) is 3.60. The molecule has 1 aromatic heterocycles. The van der Waals surface area contributed by atoms with Gasteiger partial charge in [-0.3, -0.25) is 4.79 Å². The van der Waals surface area contributed by atoms with E-state index >= 15 is 0 Å². The third-order valence-electron chi connectivity index (χ3n) is 5.34. The first-order valence-electron chi connectivity index (χ1n) is 9.87. The maximum Gasteiger partial charge on any atom is 0.416 e. The predicted molar refractivity (Wildman–Crippen MR) is 109 cm³/mol. The van der Waals surface area contributed by atoms with Gasteiger partial charge in [0, 0.05) is 30.3 Å². The Morgan fingerprint density at radius 3 is 2.59 bits per heavy atom. The summed E-state index contributed by atoms with van der Waals surface area (Å²) >= 11 is 0. The Morgan fingerprint density at radius 1 is 1.16 bits per heavy atom. The van der Waals surface area contributed by atoms with Crippen molar-refractivity contribution in [1.82, 2.24) is 9.55 Å². The van der Waals surface area contributed by atoms with Gasteiger partial charge in [-0.25, -0.2) is 9.37 Å². The third-order valence-corrected chi connectivity index (χ3v) is 5.34. The van der Waals surface area contributed by atoms with Crippen molar-refractivity contribution in [1.29, 1.82) is 0 Å². The highest BCUT2D eigenvalue weighted by atomic mass is 19.4. The molecule has 3 aromatic rings. The predicted octanol–water partition coefficient (Wildman–Crippen LogP) is 4.84. The van der Waals surface area contributed by atoms with Crippen molar-refractivity contribution in [2.24, 2.45) is 5.92 Å². The van der Waals surface area contributed by atoms with Crippen LogP contribution in [0.4, 0.5) is 17.6 Å². The van der Waals surface area contributed by atoms with Crippen molar-refractivity contribution in [2.75, 3.05) is 7.11 Å². The van der Waals surface area contributed by atoms with Gasteiger partial charge in [0.1, 0.15) is 11.6 Å². The Kier molecular flexibility index (Phi) is 5.74. The molecule has 0 radical (unpaired) electrons. The quantitative estimate of drug-likeness (QED) is 0.324. The van der Waals surface area contributed by atoms with Crippen molar-refractivity contribution >= 4 is 5.97 Å². The minimum Gasteiger partial charge on any atom is -0.469 e. The monoisotopic (exact) mass is 442 g/mol. The molecular weight excluding hydrogens is 424 g/mol. The summed E-state index contributed by atoms with van der Waals surface area (Å²) in [5.41, 5.74) is 0.842. The molecule has 2 heterocycles. The van der Waals surface area contributed by atoms with Crippen LogP contribution in [0.3, 0.4) is 0 Å². The van der Waals surface area contributed by atoms with Crippen LogP contribution < -0.4 is 0 Å². The van der Waals surface area contributed by atoms with Gasteiger partial charge in [0.2, 0.25) is 0 Å². The number of ether oxygens (including phenoxy) is 1. The highest BCUT2D eigenvalue weighted by Crippen LogP contribution is 2.30. The number of methoxy groups -OCH3 is 1. The molecule has 0 saturated carbocycles. The van der Waals surface area contributed by atoms with Gasteiger partial charge in [-0.05, 0) is 36.8 Å². The summed E-state index contributed by atoms with van der Waals surface area (Å²) in [5, 5.41) is 0. The van der Waals surface area contributed by atoms with E-state index in [2.05, 4.69) is 16.8 Å². The van der Waals surface area contributed by atoms with Crippen LogP contribution in [-0.2, 0) is 28.7 Å². The maximum absolute atomic E-state index is 13.8. The molecule has 8 heteroatoms. The summed E-state index contributed by atoms with van der Waals surface area (Å²) in [4.78, 5) is 16.4. The van der Waals surface area contributed by atoms with E-state index in [0.29, 0.717) is 37.1 Å². The molecule has 0 fully saturated rings. The number of carbonyl (C=O) groups is 1. The Hall–Kier alpha value is -3.60. The number of benzene rings is 2. The van der Waals surface area contributed by atoms with E-state index in [1.54, 1.807) is 24.3 Å². The zero-order valence-corrected chi connectivity index (χ0v) is 17.0. The molecular formula is C24H18F4N2O2. The summed E-state index contributed by atoms with van der Waals surface area (Å²) < 4.78 is 59.1. The fourth-order valence-corrected chi connectivity index (χ4v) is 3.60. The van der Waals surface area contributed by atoms with Crippen LogP contribution in [0.1, 0.15) is 28.9 Å². The number of carbonyl (C=O) groups excluding carboxylic acids is 1. The molecule has 1 aliphatic rings. The van der Waals surface area contributed by atoms with Crippen LogP contribution in [-0.4, -0.2) is 22.6 Å². The second-order valence-electron chi connectivity index (χ2n) is 7.47. The molecule has 0 N–H and O–H groups in total. The molecule has 0 saturated heterocycles. The van der Waals surface area contributed by atoms with E-state index in [1.165, 1.54) is 7.11 Å². The molecule has 0 bridgehead atoms. The van der Waals surface area contributed by atoms with E-state index in [1.807, 2.05) is 10.8 Å². The highest BCUT2D eigenvalue weighted by molar-refractivity contribution is 5.72. The third kappa shape index (κ3) is 4.52. The second-order valence-corrected chi connectivity index (χ2v) is 7.47. The highest BCUT2D eigenvalue weighted by Gasteiger charge is 2.31. The van der Waals surface area contributed by atoms with E-state index in [-0.39, 0.29) is 17.5 Å². The van der Waals surface area contributed by atoms with Crippen molar-refractivity contribution in [3.05, 3.63) is 77.0 Å². The molecule has 32 heavy (non-hydrogen) atoms. The lowest BCUT2D eigenvalue weighted by Gasteiger charge is -2.21. The summed E-state index contributed by atoms with van der Waals surface area (Å²) in [7, 11) is 1.38. The molecule has 1 aliphatic heterocycles. The lowest BCUT2D eigenvalue weighted by molar-refractivity contribution is -0.146. The van der Waals surface area contributed by atoms with Crippen LogP contribution in [0.2, 0.25) is 0 Å². The summed E-state index contributed by atoms with van der Waals surface area (Å²) in [6.45, 7) is 0.515. The van der Waals surface area contributed by atoms with Crippen molar-refractivity contribution in [3.63, 3.8) is 0 Å². The number of halogens is 4. The van der Waals surface area contributed by atoms with Gasteiger partial charge < -0.3 is 9.30 Å². The fraction of sp³-hybridized carbons (Fsp3) is 0.250. The van der Waals surface area contributed by atoms with Gasteiger partial charge >= 0.3 is 12.1 Å². The second kappa shape index (κ2) is 8.50. The zero-order chi connectivity index (χ0) is 22.9. The average molecular weight is 442 g/mol. The normalized spacial score (nSPS) is 15.5. The Morgan fingerprint density at radius 2 is 1.91 bits per heavy atom. The van der Waals surface area contributed by atoms with E-state index in [9.17, 15) is 22.4 Å². The SMILES string of the molecule is COC(=O)C1CCc2nc(-c3ccc(C#Cc4cc(C(F)(F)F)ccc4F)cc3)cn2C1. The Balaban J connectivity index is 1.53. The standard InChI is InChI=1S/C24H18F4N2O2/c1-32-23(31)18-8-11-22-29-21(14-30(22)13-18)16-5-2-15(3-6-16)4-7-17-12-19(24(26,27)28)9-10-20(17)25/h2-3,5-6,9-10,12,14,18H,8,11,13H2,1H3. The molecule has 0 spiro atoms. The van der Waals surface area contributed by atoms with Crippen LogP contribution in [0.5, 0.6) is 0 Å². The van der Waals surface area contributed by atoms with Crippen molar-refractivity contribution in [3.8, 4) is 23.1 Å². The maximum atomic E-state index is 13.8. The molecule has 164 valence electrons. The first-order valence-corrected chi connectivity index (χ1v) is 9.87. The summed E-state index contributed by atoms with van der Waals surface area (Å²) in [5.74, 6) is 4.83. The molecule has 1 atom stereocenters. The zero-order valence-electron chi connectivity index (χ0n) is 17.0. The Bertz CT molecular complexity index is 1220. The molecule has 4 nitrogen and oxygen atoms in total. The lowest BCUT2D eigenvalue weighted by Crippen LogP contribution is -2.27. The van der Waals surface area contributed by atoms with Crippen LogP contribution in [0.15, 0.2) is 48.7 Å². The van der Waals surface area contributed by atoms with E-state index in [0.717, 1.165) is 23.1 Å². The number of rotatable bonds is 2. The van der Waals surface area contributed by atoms with Crippen molar-refractivity contribution in [2.45, 2.75) is 25.6 Å². The van der Waals surface area contributed by atoms with E-state index < -0.39 is 17.6 Å².